The molecule has 0 unspecified atom stereocenters. The predicted molar refractivity (Wildman–Crippen MR) is 52.4 cm³/mol. The van der Waals surface area contributed by atoms with Crippen molar-refractivity contribution in [1.82, 2.24) is 0 Å². The van der Waals surface area contributed by atoms with E-state index >= 15 is 0 Å². The number of benzene rings is 1. The van der Waals surface area contributed by atoms with Crippen molar-refractivity contribution in [3.8, 4) is 0 Å². The van der Waals surface area contributed by atoms with Crippen LogP contribution in [-0.4, -0.2) is 16.9 Å². The van der Waals surface area contributed by atoms with Gasteiger partial charge in [0.25, 0.3) is 0 Å². The number of alkyl halides is 3. The lowest BCUT2D eigenvalue weighted by molar-refractivity contribution is -0.140. The van der Waals surface area contributed by atoms with Gasteiger partial charge in [-0.05, 0) is 17.7 Å². The van der Waals surface area contributed by atoms with E-state index in [-0.39, 0.29) is 6.42 Å². The van der Waals surface area contributed by atoms with Crippen molar-refractivity contribution in [2.24, 2.45) is 0 Å². The molecule has 0 amide bonds. The van der Waals surface area contributed by atoms with Crippen molar-refractivity contribution in [1.29, 1.82) is 0 Å². The maximum absolute atomic E-state index is 12.2. The van der Waals surface area contributed by atoms with E-state index in [0.29, 0.717) is 5.56 Å². The van der Waals surface area contributed by atoms with Crippen molar-refractivity contribution in [3.05, 3.63) is 35.4 Å². The molecule has 0 atom stereocenters. The van der Waals surface area contributed by atoms with Gasteiger partial charge in [0.2, 0.25) is 0 Å². The molecule has 0 saturated carbocycles. The molecule has 0 radical (unpaired) electrons. The lowest BCUT2D eigenvalue weighted by atomic mass is 10.1. The Balaban J connectivity index is 2.69. The molecule has 0 saturated heterocycles. The fraction of sp³-hybridized carbons (Fsp3) is 0.273. The third-order valence-electron chi connectivity index (χ3n) is 2.03. The summed E-state index contributed by atoms with van der Waals surface area (Å²) in [6.07, 6.45) is -5.21. The van der Waals surface area contributed by atoms with Gasteiger partial charge in [0.15, 0.2) is 0 Å². The summed E-state index contributed by atoms with van der Waals surface area (Å²) >= 11 is 0. The summed E-state index contributed by atoms with van der Waals surface area (Å²) in [5.74, 6) is -1.79. The van der Waals surface area contributed by atoms with E-state index in [1.54, 1.807) is 0 Å². The first kappa shape index (κ1) is 13.2. The second-order valence-corrected chi connectivity index (χ2v) is 3.48. The number of Topliss-reactive ketones (excluding diaryl/α,β-unsaturated/α-hetero) is 1. The van der Waals surface area contributed by atoms with Crippen LogP contribution < -0.4 is 0 Å². The van der Waals surface area contributed by atoms with Crippen LogP contribution in [0.1, 0.15) is 17.5 Å². The lowest BCUT2D eigenvalue weighted by Gasteiger charge is -2.06. The van der Waals surface area contributed by atoms with Gasteiger partial charge in [-0.15, -0.1) is 0 Å². The van der Waals surface area contributed by atoms with Crippen molar-refractivity contribution < 1.29 is 27.9 Å². The third-order valence-corrected chi connectivity index (χ3v) is 2.03. The first-order valence-corrected chi connectivity index (χ1v) is 4.68. The van der Waals surface area contributed by atoms with Crippen LogP contribution in [0.5, 0.6) is 0 Å². The molecule has 0 aliphatic rings. The van der Waals surface area contributed by atoms with Crippen LogP contribution in [0.3, 0.4) is 0 Å². The van der Waals surface area contributed by atoms with Crippen LogP contribution in [0, 0.1) is 0 Å². The van der Waals surface area contributed by atoms with Gasteiger partial charge in [-0.25, -0.2) is 0 Å². The highest BCUT2D eigenvalue weighted by Gasteiger charge is 2.29. The lowest BCUT2D eigenvalue weighted by Crippen LogP contribution is -2.10. The summed E-state index contributed by atoms with van der Waals surface area (Å²) in [4.78, 5) is 21.3. The number of carboxylic acid groups (broad SMARTS) is 1. The van der Waals surface area contributed by atoms with Crippen LogP contribution in [0.4, 0.5) is 13.2 Å². The smallest absolute Gasteiger partial charge is 0.416 e. The van der Waals surface area contributed by atoms with Gasteiger partial charge in [0.05, 0.1) is 5.56 Å². The molecule has 0 aliphatic carbocycles. The number of carboxylic acids is 1. The summed E-state index contributed by atoms with van der Waals surface area (Å²) in [7, 11) is 0. The maximum Gasteiger partial charge on any atom is 0.416 e. The van der Waals surface area contributed by atoms with E-state index in [4.69, 9.17) is 5.11 Å². The van der Waals surface area contributed by atoms with Crippen LogP contribution in [0.15, 0.2) is 24.3 Å². The molecule has 0 fully saturated rings. The maximum atomic E-state index is 12.2. The molecule has 0 aliphatic heterocycles. The van der Waals surface area contributed by atoms with Gasteiger partial charge in [-0.3, -0.25) is 9.59 Å². The number of hydrogen-bond donors (Lipinski definition) is 1. The zero-order chi connectivity index (χ0) is 13.1. The zero-order valence-corrected chi connectivity index (χ0v) is 8.62. The Morgan fingerprint density at radius 1 is 1.12 bits per heavy atom. The number of ketones is 1. The molecule has 17 heavy (non-hydrogen) atoms. The van der Waals surface area contributed by atoms with Gasteiger partial charge in [-0.2, -0.15) is 13.2 Å². The Bertz CT molecular complexity index is 421. The standard InChI is InChI=1S/C11H9F3O3/c12-11(13,14)8-3-1-7(2-4-8)5-9(15)6-10(16)17/h1-4H,5-6H2,(H,16,17). The molecule has 1 N–H and O–H groups in total. The Morgan fingerprint density at radius 2 is 1.65 bits per heavy atom. The van der Waals surface area contributed by atoms with E-state index in [0.717, 1.165) is 12.1 Å². The van der Waals surface area contributed by atoms with Crippen LogP contribution in [-0.2, 0) is 22.2 Å². The highest BCUT2D eigenvalue weighted by atomic mass is 19.4. The van der Waals surface area contributed by atoms with Crippen molar-refractivity contribution in [2.75, 3.05) is 0 Å². The second-order valence-electron chi connectivity index (χ2n) is 3.48. The number of carbonyl (C=O) groups excluding carboxylic acids is 1. The Labute approximate surface area is 94.9 Å². The predicted octanol–water partition coefficient (Wildman–Crippen LogP) is 2.29. The van der Waals surface area contributed by atoms with Gasteiger partial charge >= 0.3 is 12.1 Å². The Morgan fingerprint density at radius 3 is 2.06 bits per heavy atom. The normalized spacial score (nSPS) is 11.2. The van der Waals surface area contributed by atoms with Gasteiger partial charge in [-0.1, -0.05) is 12.1 Å². The monoisotopic (exact) mass is 246 g/mol. The van der Waals surface area contributed by atoms with Crippen LogP contribution in [0.25, 0.3) is 0 Å². The van der Waals surface area contributed by atoms with E-state index in [2.05, 4.69) is 0 Å². The molecule has 0 spiro atoms. The zero-order valence-electron chi connectivity index (χ0n) is 8.62. The molecule has 1 aromatic carbocycles. The molecule has 1 rings (SSSR count). The fourth-order valence-corrected chi connectivity index (χ4v) is 1.27. The molecular formula is C11H9F3O3. The molecule has 0 bridgehead atoms. The first-order chi connectivity index (χ1) is 7.79. The molecule has 3 nitrogen and oxygen atoms in total. The quantitative estimate of drug-likeness (QED) is 0.829. The van der Waals surface area contributed by atoms with Crippen molar-refractivity contribution >= 4 is 11.8 Å². The average molecular weight is 246 g/mol. The van der Waals surface area contributed by atoms with Gasteiger partial charge < -0.3 is 5.11 Å². The summed E-state index contributed by atoms with van der Waals surface area (Å²) in [5.41, 5.74) is -0.434. The Kier molecular flexibility index (Phi) is 3.88. The van der Waals surface area contributed by atoms with Crippen molar-refractivity contribution in [2.45, 2.75) is 19.0 Å². The van der Waals surface area contributed by atoms with Crippen LogP contribution in [0.2, 0.25) is 0 Å². The summed E-state index contributed by atoms with van der Waals surface area (Å²) in [6.45, 7) is 0. The molecule has 1 aromatic rings. The topological polar surface area (TPSA) is 54.4 Å². The largest absolute Gasteiger partial charge is 0.481 e. The minimum atomic E-state index is -4.41. The molecular weight excluding hydrogens is 237 g/mol. The molecule has 92 valence electrons. The average Bonchev–Trinajstić information content (AvgIpc) is 2.15. The number of halogens is 3. The van der Waals surface area contributed by atoms with Gasteiger partial charge in [0, 0.05) is 6.42 Å². The summed E-state index contributed by atoms with van der Waals surface area (Å²) in [6, 6.07) is 4.07. The van der Waals surface area contributed by atoms with Gasteiger partial charge in [0.1, 0.15) is 12.2 Å². The SMILES string of the molecule is O=C(O)CC(=O)Cc1ccc(C(F)(F)F)cc1. The minimum absolute atomic E-state index is 0.176. The number of aliphatic carboxylic acids is 1. The van der Waals surface area contributed by atoms with Crippen molar-refractivity contribution in [3.63, 3.8) is 0 Å². The molecule has 6 heteroatoms. The molecule has 0 aromatic heterocycles. The summed E-state index contributed by atoms with van der Waals surface area (Å²) in [5, 5.41) is 8.34. The summed E-state index contributed by atoms with van der Waals surface area (Å²) < 4.78 is 36.6. The third kappa shape index (κ3) is 4.26. The molecule has 0 heterocycles. The highest BCUT2D eigenvalue weighted by Crippen LogP contribution is 2.29. The highest BCUT2D eigenvalue weighted by molar-refractivity contribution is 5.95. The van der Waals surface area contributed by atoms with E-state index < -0.39 is 29.9 Å². The number of carbonyl (C=O) groups is 2. The first-order valence-electron chi connectivity index (χ1n) is 4.68. The second kappa shape index (κ2) is 4.99. The minimum Gasteiger partial charge on any atom is -0.481 e. The number of hydrogen-bond acceptors (Lipinski definition) is 2. The number of rotatable bonds is 4. The van der Waals surface area contributed by atoms with E-state index in [1.165, 1.54) is 12.1 Å². The van der Waals surface area contributed by atoms with E-state index in [1.807, 2.05) is 0 Å². The van der Waals surface area contributed by atoms with Crippen LogP contribution >= 0.6 is 0 Å². The Hall–Kier alpha value is -1.85. The van der Waals surface area contributed by atoms with E-state index in [9.17, 15) is 22.8 Å². The fourth-order valence-electron chi connectivity index (χ4n) is 1.27.